The first-order chi connectivity index (χ1) is 10.6. The van der Waals surface area contributed by atoms with E-state index in [1.807, 2.05) is 0 Å². The maximum Gasteiger partial charge on any atom is 0.152 e. The molecule has 0 fully saturated rings. The minimum atomic E-state index is -2.51. The van der Waals surface area contributed by atoms with Crippen LogP contribution in [-0.4, -0.2) is 24.4 Å². The quantitative estimate of drug-likeness (QED) is 0.786. The Morgan fingerprint density at radius 3 is 3.16 bits per heavy atom. The molecule has 0 aromatic carbocycles. The van der Waals surface area contributed by atoms with Gasteiger partial charge in [0.15, 0.2) is 5.82 Å². The monoisotopic (exact) mass is 324 g/mol. The maximum absolute atomic E-state index is 8.08. The van der Waals surface area contributed by atoms with E-state index in [-0.39, 0.29) is 5.82 Å². The standard InChI is InChI=1S/C12H13BrN6/c1-7(2)18-5-8(4-16-18)9-3-10(13)19-11(9)12(14)15-6-17-19/h3-7H,1-2H3,(H2,14,15,17)/i1D3,7D. The second kappa shape index (κ2) is 4.34. The van der Waals surface area contributed by atoms with Gasteiger partial charge < -0.3 is 5.73 Å². The molecule has 1 unspecified atom stereocenters. The van der Waals surface area contributed by atoms with E-state index in [0.717, 1.165) is 4.68 Å². The van der Waals surface area contributed by atoms with Crippen LogP contribution >= 0.6 is 15.9 Å². The highest BCUT2D eigenvalue weighted by Crippen LogP contribution is 2.32. The van der Waals surface area contributed by atoms with Gasteiger partial charge in [-0.2, -0.15) is 10.2 Å². The molecule has 3 rings (SSSR count). The summed E-state index contributed by atoms with van der Waals surface area (Å²) >= 11 is 3.39. The topological polar surface area (TPSA) is 74.0 Å². The van der Waals surface area contributed by atoms with Gasteiger partial charge in [-0.15, -0.1) is 0 Å². The van der Waals surface area contributed by atoms with Crippen molar-refractivity contribution in [3.05, 3.63) is 29.4 Å². The first kappa shape index (κ1) is 8.31. The number of hydrogen-bond acceptors (Lipinski definition) is 4. The molecule has 0 aliphatic carbocycles. The number of nitrogens with zero attached hydrogens (tertiary/aromatic N) is 5. The van der Waals surface area contributed by atoms with Gasteiger partial charge in [-0.05, 0) is 35.8 Å². The molecule has 6 nitrogen and oxygen atoms in total. The van der Waals surface area contributed by atoms with Crippen molar-refractivity contribution in [3.8, 4) is 11.1 Å². The van der Waals surface area contributed by atoms with Crippen LogP contribution in [0.1, 0.15) is 25.3 Å². The van der Waals surface area contributed by atoms with Crippen LogP contribution in [0.25, 0.3) is 16.6 Å². The molecule has 0 saturated carbocycles. The number of anilines is 1. The van der Waals surface area contributed by atoms with E-state index in [0.29, 0.717) is 21.2 Å². The summed E-state index contributed by atoms with van der Waals surface area (Å²) in [4.78, 5) is 3.97. The van der Waals surface area contributed by atoms with E-state index in [4.69, 9.17) is 11.2 Å². The van der Waals surface area contributed by atoms with E-state index in [1.54, 1.807) is 10.6 Å². The third kappa shape index (κ3) is 1.90. The molecule has 0 aliphatic heterocycles. The molecule has 3 aromatic rings. The van der Waals surface area contributed by atoms with E-state index >= 15 is 0 Å². The lowest BCUT2D eigenvalue weighted by molar-refractivity contribution is 0.532. The third-order valence-electron chi connectivity index (χ3n) is 2.78. The van der Waals surface area contributed by atoms with Gasteiger partial charge in [0.2, 0.25) is 0 Å². The SMILES string of the molecule is [2H]C([2H])([2H])C([2H])(C)n1cc(-c2cc(Br)n3ncnc(N)c23)cn1. The second-order valence-corrected chi connectivity index (χ2v) is 4.86. The Morgan fingerprint density at radius 2 is 2.37 bits per heavy atom. The Morgan fingerprint density at radius 1 is 1.53 bits per heavy atom. The molecule has 0 amide bonds. The molecule has 0 radical (unpaired) electrons. The Balaban J connectivity index is 2.16. The largest absolute Gasteiger partial charge is 0.382 e. The summed E-state index contributed by atoms with van der Waals surface area (Å²) in [5.74, 6) is 0.290. The molecule has 0 aliphatic rings. The van der Waals surface area contributed by atoms with Gasteiger partial charge in [-0.25, -0.2) is 9.50 Å². The van der Waals surface area contributed by atoms with Gasteiger partial charge in [0.05, 0.1) is 7.57 Å². The molecule has 0 spiro atoms. The van der Waals surface area contributed by atoms with Crippen molar-refractivity contribution in [1.29, 1.82) is 0 Å². The zero-order valence-corrected chi connectivity index (χ0v) is 11.6. The number of halogens is 1. The fourth-order valence-corrected chi connectivity index (χ4v) is 2.39. The van der Waals surface area contributed by atoms with Crippen LogP contribution in [0.3, 0.4) is 0 Å². The zero-order valence-electron chi connectivity index (χ0n) is 14.0. The molecule has 3 heterocycles. The first-order valence-corrected chi connectivity index (χ1v) is 6.25. The summed E-state index contributed by atoms with van der Waals surface area (Å²) < 4.78 is 33.9. The van der Waals surface area contributed by atoms with Gasteiger partial charge >= 0.3 is 0 Å². The minimum Gasteiger partial charge on any atom is -0.382 e. The smallest absolute Gasteiger partial charge is 0.152 e. The molecule has 0 saturated heterocycles. The van der Waals surface area contributed by atoms with Crippen molar-refractivity contribution in [2.75, 3.05) is 5.73 Å². The van der Waals surface area contributed by atoms with Gasteiger partial charge in [0.1, 0.15) is 16.4 Å². The van der Waals surface area contributed by atoms with E-state index in [1.165, 1.54) is 25.6 Å². The van der Waals surface area contributed by atoms with Crippen molar-refractivity contribution < 1.29 is 5.48 Å². The van der Waals surface area contributed by atoms with E-state index < -0.39 is 12.9 Å². The summed E-state index contributed by atoms with van der Waals surface area (Å²) in [5.41, 5.74) is 7.82. The van der Waals surface area contributed by atoms with Crippen LogP contribution in [0.15, 0.2) is 29.4 Å². The lowest BCUT2D eigenvalue weighted by Crippen LogP contribution is -2.00. The lowest BCUT2D eigenvalue weighted by atomic mass is 10.1. The molecular weight excluding hydrogens is 308 g/mol. The number of nitrogen functional groups attached to an aromatic ring is 1. The van der Waals surface area contributed by atoms with E-state index in [2.05, 4.69) is 31.1 Å². The highest BCUT2D eigenvalue weighted by atomic mass is 79.9. The second-order valence-electron chi connectivity index (χ2n) is 4.05. The summed E-state index contributed by atoms with van der Waals surface area (Å²) in [6.07, 6.45) is 4.34. The molecule has 3 aromatic heterocycles. The zero-order chi connectivity index (χ0) is 17.0. The Hall–Kier alpha value is -1.89. The predicted octanol–water partition coefficient (Wildman–Crippen LogP) is 2.52. The summed E-state index contributed by atoms with van der Waals surface area (Å²) in [5, 5.41) is 8.15. The Kier molecular flexibility index (Phi) is 1.90. The van der Waals surface area contributed by atoms with Crippen molar-refractivity contribution >= 4 is 27.3 Å². The normalized spacial score (nSPS) is 18.4. The maximum atomic E-state index is 8.08. The van der Waals surface area contributed by atoms with Gasteiger partial charge in [-0.1, -0.05) is 0 Å². The molecule has 0 bridgehead atoms. The minimum absolute atomic E-state index is 0.290. The van der Waals surface area contributed by atoms with Crippen molar-refractivity contribution in [1.82, 2.24) is 24.4 Å². The van der Waals surface area contributed by atoms with Crippen LogP contribution in [0.2, 0.25) is 0 Å². The van der Waals surface area contributed by atoms with Crippen LogP contribution in [0.4, 0.5) is 5.82 Å². The highest BCUT2D eigenvalue weighted by molar-refractivity contribution is 9.10. The highest BCUT2D eigenvalue weighted by Gasteiger charge is 2.15. The van der Waals surface area contributed by atoms with Crippen LogP contribution in [0.5, 0.6) is 0 Å². The number of hydrogen-bond donors (Lipinski definition) is 1. The summed E-state index contributed by atoms with van der Waals surface area (Å²) in [6.45, 7) is -1.22. The van der Waals surface area contributed by atoms with Crippen LogP contribution < -0.4 is 5.73 Å². The van der Waals surface area contributed by atoms with Crippen molar-refractivity contribution in [3.63, 3.8) is 0 Å². The van der Waals surface area contributed by atoms with Crippen LogP contribution in [-0.2, 0) is 0 Å². The summed E-state index contributed by atoms with van der Waals surface area (Å²) in [6, 6.07) is -0.0849. The van der Waals surface area contributed by atoms with Gasteiger partial charge in [0, 0.05) is 27.5 Å². The Bertz CT molecular complexity index is 881. The lowest BCUT2D eigenvalue weighted by Gasteiger charge is -2.03. The van der Waals surface area contributed by atoms with Gasteiger partial charge in [0.25, 0.3) is 0 Å². The Labute approximate surface area is 124 Å². The summed E-state index contributed by atoms with van der Waals surface area (Å²) in [7, 11) is 0. The molecular formula is C12H13BrN6. The van der Waals surface area contributed by atoms with Crippen molar-refractivity contribution in [2.45, 2.75) is 19.8 Å². The molecule has 1 atom stereocenters. The fourth-order valence-electron chi connectivity index (χ4n) is 1.90. The van der Waals surface area contributed by atoms with Gasteiger partial charge in [-0.3, -0.25) is 4.68 Å². The average molecular weight is 325 g/mol. The number of aromatic nitrogens is 5. The average Bonchev–Trinajstić information content (AvgIpc) is 3.04. The molecule has 98 valence electrons. The predicted molar refractivity (Wildman–Crippen MR) is 76.7 cm³/mol. The number of rotatable bonds is 2. The van der Waals surface area contributed by atoms with E-state index in [9.17, 15) is 0 Å². The van der Waals surface area contributed by atoms with Crippen molar-refractivity contribution in [2.24, 2.45) is 0 Å². The number of nitrogens with two attached hydrogens (primary N) is 1. The third-order valence-corrected chi connectivity index (χ3v) is 3.34. The number of fused-ring (bicyclic) bond motifs is 1. The molecule has 7 heteroatoms. The van der Waals surface area contributed by atoms with Crippen LogP contribution in [0, 0.1) is 0 Å². The fraction of sp³-hybridized carbons (Fsp3) is 0.250. The molecule has 19 heavy (non-hydrogen) atoms. The molecule has 2 N–H and O–H groups in total. The first-order valence-electron chi connectivity index (χ1n) is 7.46.